The number of aromatic nitrogens is 3. The minimum atomic E-state index is 0.259. The maximum absolute atomic E-state index is 9.10. The minimum absolute atomic E-state index is 0.259. The first-order chi connectivity index (χ1) is 7.86. The molecule has 2 aromatic rings. The molecule has 2 aromatic heterocycles. The van der Waals surface area contributed by atoms with Crippen molar-refractivity contribution in [2.24, 2.45) is 5.92 Å². The van der Waals surface area contributed by atoms with Gasteiger partial charge in [0.05, 0.1) is 5.52 Å². The summed E-state index contributed by atoms with van der Waals surface area (Å²) in [5.41, 5.74) is 1.72. The number of aliphatic hydroxyl groups is 1. The molecule has 3 rings (SSSR count). The number of hydrogen-bond acceptors (Lipinski definition) is 4. The molecule has 1 aliphatic heterocycles. The van der Waals surface area contributed by atoms with Crippen LogP contribution in [0.4, 0.5) is 5.95 Å². The van der Waals surface area contributed by atoms with Crippen LogP contribution in [0.1, 0.15) is 6.42 Å². The molecule has 0 amide bonds. The van der Waals surface area contributed by atoms with Crippen LogP contribution in [0, 0.1) is 5.92 Å². The van der Waals surface area contributed by atoms with E-state index in [0.29, 0.717) is 5.92 Å². The highest BCUT2D eigenvalue weighted by molar-refractivity contribution is 5.73. The van der Waals surface area contributed by atoms with Gasteiger partial charge in [-0.15, -0.1) is 0 Å². The molecule has 16 heavy (non-hydrogen) atoms. The molecule has 5 nitrogen and oxygen atoms in total. The number of H-pyrrole nitrogens is 1. The fraction of sp³-hybridized carbons (Fsp3) is 0.455. The van der Waals surface area contributed by atoms with Gasteiger partial charge in [0.25, 0.3) is 0 Å². The van der Waals surface area contributed by atoms with Gasteiger partial charge in [-0.3, -0.25) is 0 Å². The number of aromatic amines is 1. The molecular weight excluding hydrogens is 204 g/mol. The summed E-state index contributed by atoms with van der Waals surface area (Å²) in [6.45, 7) is 2.08. The Morgan fingerprint density at radius 1 is 1.56 bits per heavy atom. The van der Waals surface area contributed by atoms with Crippen molar-refractivity contribution in [1.29, 1.82) is 0 Å². The molecule has 5 heteroatoms. The molecule has 0 bridgehead atoms. The predicted octanol–water partition coefficient (Wildman–Crippen LogP) is 0.776. The molecule has 1 fully saturated rings. The zero-order valence-electron chi connectivity index (χ0n) is 8.93. The molecule has 0 unspecified atom stereocenters. The number of fused-ring (bicyclic) bond motifs is 1. The lowest BCUT2D eigenvalue weighted by atomic mass is 10.1. The molecule has 0 radical (unpaired) electrons. The van der Waals surface area contributed by atoms with Crippen LogP contribution < -0.4 is 4.90 Å². The van der Waals surface area contributed by atoms with Crippen LogP contribution in [0.3, 0.4) is 0 Å². The second-order valence-corrected chi connectivity index (χ2v) is 4.22. The summed E-state index contributed by atoms with van der Waals surface area (Å²) in [5, 5.41) is 9.10. The highest BCUT2D eigenvalue weighted by Gasteiger charge is 2.23. The van der Waals surface area contributed by atoms with E-state index in [-0.39, 0.29) is 6.61 Å². The Balaban J connectivity index is 1.89. The zero-order chi connectivity index (χ0) is 11.0. The highest BCUT2D eigenvalue weighted by atomic mass is 16.3. The Hall–Kier alpha value is -1.62. The van der Waals surface area contributed by atoms with Crippen LogP contribution in [-0.4, -0.2) is 39.8 Å². The van der Waals surface area contributed by atoms with Gasteiger partial charge >= 0.3 is 0 Å². The third-order valence-electron chi connectivity index (χ3n) is 3.09. The number of hydrogen-bond donors (Lipinski definition) is 2. The van der Waals surface area contributed by atoms with Gasteiger partial charge in [0, 0.05) is 31.8 Å². The van der Waals surface area contributed by atoms with Crippen molar-refractivity contribution >= 4 is 17.1 Å². The van der Waals surface area contributed by atoms with Crippen LogP contribution >= 0.6 is 0 Å². The van der Waals surface area contributed by atoms with Gasteiger partial charge in [-0.25, -0.2) is 4.98 Å². The average Bonchev–Trinajstić information content (AvgIpc) is 2.95. The monoisotopic (exact) mass is 218 g/mol. The second kappa shape index (κ2) is 3.75. The first kappa shape index (κ1) is 9.59. The van der Waals surface area contributed by atoms with Crippen molar-refractivity contribution in [2.75, 3.05) is 24.6 Å². The number of pyridine rings is 1. The minimum Gasteiger partial charge on any atom is -0.396 e. The summed E-state index contributed by atoms with van der Waals surface area (Å²) >= 11 is 0. The molecule has 1 saturated heterocycles. The van der Waals surface area contributed by atoms with Crippen LogP contribution in [0.5, 0.6) is 0 Å². The number of anilines is 1. The lowest BCUT2D eigenvalue weighted by molar-refractivity contribution is 0.238. The van der Waals surface area contributed by atoms with E-state index in [2.05, 4.69) is 19.9 Å². The number of rotatable bonds is 2. The van der Waals surface area contributed by atoms with Crippen LogP contribution in [-0.2, 0) is 0 Å². The molecule has 2 N–H and O–H groups in total. The fourth-order valence-electron chi connectivity index (χ4n) is 2.16. The zero-order valence-corrected chi connectivity index (χ0v) is 8.93. The summed E-state index contributed by atoms with van der Waals surface area (Å²) in [6.07, 6.45) is 2.77. The predicted molar refractivity (Wildman–Crippen MR) is 61.3 cm³/mol. The fourth-order valence-corrected chi connectivity index (χ4v) is 2.16. The van der Waals surface area contributed by atoms with Crippen molar-refractivity contribution < 1.29 is 5.11 Å². The van der Waals surface area contributed by atoms with Gasteiger partial charge in [-0.1, -0.05) is 0 Å². The molecule has 1 aliphatic rings. The van der Waals surface area contributed by atoms with Gasteiger partial charge in [-0.2, -0.15) is 4.98 Å². The van der Waals surface area contributed by atoms with E-state index < -0.39 is 0 Å². The first-order valence-corrected chi connectivity index (χ1v) is 5.53. The molecular formula is C11H14N4O. The summed E-state index contributed by atoms with van der Waals surface area (Å²) in [4.78, 5) is 14.1. The summed E-state index contributed by atoms with van der Waals surface area (Å²) in [6, 6.07) is 3.86. The van der Waals surface area contributed by atoms with Crippen LogP contribution in [0.15, 0.2) is 18.3 Å². The maximum Gasteiger partial charge on any atom is 0.205 e. The largest absolute Gasteiger partial charge is 0.396 e. The molecule has 0 aromatic carbocycles. The van der Waals surface area contributed by atoms with Crippen molar-refractivity contribution in [3.8, 4) is 0 Å². The van der Waals surface area contributed by atoms with Crippen LogP contribution in [0.2, 0.25) is 0 Å². The van der Waals surface area contributed by atoms with E-state index in [1.807, 2.05) is 12.1 Å². The highest BCUT2D eigenvalue weighted by Crippen LogP contribution is 2.22. The quantitative estimate of drug-likeness (QED) is 0.781. The Morgan fingerprint density at radius 2 is 2.50 bits per heavy atom. The van der Waals surface area contributed by atoms with Crippen LogP contribution in [0.25, 0.3) is 11.2 Å². The Kier molecular flexibility index (Phi) is 2.25. The lowest BCUT2D eigenvalue weighted by Gasteiger charge is -2.13. The smallest absolute Gasteiger partial charge is 0.205 e. The van der Waals surface area contributed by atoms with E-state index in [0.717, 1.165) is 36.6 Å². The average molecular weight is 218 g/mol. The summed E-state index contributed by atoms with van der Waals surface area (Å²) < 4.78 is 0. The van der Waals surface area contributed by atoms with Gasteiger partial charge in [0.1, 0.15) is 0 Å². The van der Waals surface area contributed by atoms with Crippen molar-refractivity contribution in [3.63, 3.8) is 0 Å². The van der Waals surface area contributed by atoms with E-state index in [1.54, 1.807) is 6.20 Å². The standard InChI is InChI=1S/C11H14N4O/c16-7-8-3-5-15(6-8)11-13-9-2-1-4-12-10(9)14-11/h1-2,4,8,16H,3,5-7H2,(H,12,13,14)/t8-/m0/s1. The number of imidazole rings is 1. The van der Waals surface area contributed by atoms with Gasteiger partial charge in [0.15, 0.2) is 5.65 Å². The molecule has 84 valence electrons. The third kappa shape index (κ3) is 1.53. The Morgan fingerprint density at radius 3 is 3.25 bits per heavy atom. The molecule has 1 atom stereocenters. The van der Waals surface area contributed by atoms with Crippen molar-refractivity contribution in [1.82, 2.24) is 15.0 Å². The number of aliphatic hydroxyl groups excluding tert-OH is 1. The molecule has 0 saturated carbocycles. The van der Waals surface area contributed by atoms with E-state index in [9.17, 15) is 0 Å². The molecule has 0 spiro atoms. The van der Waals surface area contributed by atoms with Gasteiger partial charge in [0.2, 0.25) is 5.95 Å². The topological polar surface area (TPSA) is 65.0 Å². The van der Waals surface area contributed by atoms with Crippen molar-refractivity contribution in [2.45, 2.75) is 6.42 Å². The Bertz CT molecular complexity index is 462. The SMILES string of the molecule is OC[C@H]1CCN(c2nc3ncccc3[nH]2)C1. The summed E-state index contributed by atoms with van der Waals surface area (Å²) in [5.74, 6) is 1.24. The second-order valence-electron chi connectivity index (χ2n) is 4.22. The van der Waals surface area contributed by atoms with Gasteiger partial charge < -0.3 is 15.0 Å². The third-order valence-corrected chi connectivity index (χ3v) is 3.09. The summed E-state index contributed by atoms with van der Waals surface area (Å²) in [7, 11) is 0. The molecule has 3 heterocycles. The number of nitrogens with zero attached hydrogens (tertiary/aromatic N) is 3. The van der Waals surface area contributed by atoms with E-state index in [1.165, 1.54) is 0 Å². The first-order valence-electron chi connectivity index (χ1n) is 5.53. The maximum atomic E-state index is 9.10. The Labute approximate surface area is 93.1 Å². The van der Waals surface area contributed by atoms with Gasteiger partial charge in [-0.05, 0) is 18.6 Å². The normalized spacial score (nSPS) is 20.8. The lowest BCUT2D eigenvalue weighted by Crippen LogP contribution is -2.21. The van der Waals surface area contributed by atoms with E-state index >= 15 is 0 Å². The molecule has 0 aliphatic carbocycles. The van der Waals surface area contributed by atoms with Crippen molar-refractivity contribution in [3.05, 3.63) is 18.3 Å². The van der Waals surface area contributed by atoms with E-state index in [4.69, 9.17) is 5.11 Å². The number of nitrogens with one attached hydrogen (secondary N) is 1.